The molecule has 2 amide bonds. The van der Waals surface area contributed by atoms with Crippen molar-refractivity contribution in [3.63, 3.8) is 0 Å². The third-order valence-electron chi connectivity index (χ3n) is 8.96. The molecule has 0 spiro atoms. The number of Topliss-reactive ketones (excluding diaryl/α,β-unsaturated/α-hetero) is 1. The summed E-state index contributed by atoms with van der Waals surface area (Å²) < 4.78 is 15.2. The molecule has 0 radical (unpaired) electrons. The maximum Gasteiger partial charge on any atom is 0.407 e. The molecule has 274 valence electrons. The number of anilines is 2. The van der Waals surface area contributed by atoms with Crippen molar-refractivity contribution in [2.24, 2.45) is 7.05 Å². The first kappa shape index (κ1) is 37.6. The number of nitrogens with zero attached hydrogens (tertiary/aromatic N) is 5. The topological polar surface area (TPSA) is 159 Å². The zero-order chi connectivity index (χ0) is 37.2. The number of ketones is 1. The van der Waals surface area contributed by atoms with Crippen molar-refractivity contribution in [3.05, 3.63) is 50.2 Å². The van der Waals surface area contributed by atoms with Gasteiger partial charge in [-0.3, -0.25) is 28.1 Å². The van der Waals surface area contributed by atoms with Crippen molar-refractivity contribution in [2.75, 3.05) is 36.5 Å². The summed E-state index contributed by atoms with van der Waals surface area (Å²) in [7, 11) is 0.165. The fraction of sp³-hybridized carbons (Fsp3) is 0.556. The Hall–Kier alpha value is -4.68. The monoisotopic (exact) mass is 719 g/mol. The molecule has 14 nitrogen and oxygen atoms in total. The molecule has 5 rings (SSSR count). The predicted octanol–water partition coefficient (Wildman–Crippen LogP) is 3.69. The molecule has 15 heteroatoms. The number of benzene rings is 1. The van der Waals surface area contributed by atoms with Crippen LogP contribution in [0.3, 0.4) is 0 Å². The second kappa shape index (κ2) is 14.9. The molecule has 2 aliphatic heterocycles. The lowest BCUT2D eigenvalue weighted by Gasteiger charge is -2.34. The third-order valence-corrected chi connectivity index (χ3v) is 10.7. The summed E-state index contributed by atoms with van der Waals surface area (Å²) >= 11 is 0. The zero-order valence-corrected chi connectivity index (χ0v) is 31.8. The first-order valence-electron chi connectivity index (χ1n) is 17.4. The van der Waals surface area contributed by atoms with Crippen molar-refractivity contribution in [1.29, 1.82) is 0 Å². The Morgan fingerprint density at radius 3 is 2.57 bits per heavy atom. The number of hydrogen-bond acceptors (Lipinski definition) is 9. The van der Waals surface area contributed by atoms with Crippen molar-refractivity contribution in [3.8, 4) is 11.8 Å². The lowest BCUT2D eigenvalue weighted by molar-refractivity contribution is -0.118. The van der Waals surface area contributed by atoms with Crippen LogP contribution in [0.5, 0.6) is 0 Å². The maximum absolute atomic E-state index is 14.2. The highest BCUT2D eigenvalue weighted by Gasteiger charge is 2.35. The first-order chi connectivity index (χ1) is 24.0. The van der Waals surface area contributed by atoms with Crippen molar-refractivity contribution >= 4 is 48.7 Å². The minimum Gasteiger partial charge on any atom is -0.444 e. The normalized spacial score (nSPS) is 17.5. The molecule has 0 bridgehead atoms. The van der Waals surface area contributed by atoms with E-state index in [4.69, 9.17) is 14.5 Å². The molecule has 2 unspecified atom stereocenters. The van der Waals surface area contributed by atoms with Gasteiger partial charge in [-0.1, -0.05) is 37.7 Å². The number of hydrogen-bond donors (Lipinski definition) is 2. The number of carbonyl (C=O) groups is 3. The largest absolute Gasteiger partial charge is 0.444 e. The number of nitrogens with one attached hydrogen (secondary N) is 2. The number of piperidine rings is 1. The van der Waals surface area contributed by atoms with Gasteiger partial charge in [0.15, 0.2) is 16.9 Å². The smallest absolute Gasteiger partial charge is 0.407 e. The van der Waals surface area contributed by atoms with Gasteiger partial charge in [-0.25, -0.2) is 9.59 Å². The Morgan fingerprint density at radius 1 is 1.14 bits per heavy atom. The molecule has 51 heavy (non-hydrogen) atoms. The lowest BCUT2D eigenvalue weighted by atomic mass is 9.93. The highest BCUT2D eigenvalue weighted by molar-refractivity contribution is 6.76. The lowest BCUT2D eigenvalue weighted by Crippen LogP contribution is -2.49. The van der Waals surface area contributed by atoms with E-state index in [2.05, 4.69) is 42.1 Å². The van der Waals surface area contributed by atoms with E-state index in [1.54, 1.807) is 50.5 Å². The number of ether oxygens (including phenoxy) is 2. The molecular weight excluding hydrogens is 671 g/mol. The van der Waals surface area contributed by atoms with Crippen LogP contribution < -0.4 is 26.8 Å². The van der Waals surface area contributed by atoms with E-state index in [0.29, 0.717) is 36.9 Å². The molecule has 1 fully saturated rings. The highest BCUT2D eigenvalue weighted by Crippen LogP contribution is 2.36. The molecule has 2 aromatic heterocycles. The minimum atomic E-state index is -1.35. The predicted molar refractivity (Wildman–Crippen MR) is 198 cm³/mol. The second-order valence-electron chi connectivity index (χ2n) is 15.4. The van der Waals surface area contributed by atoms with Crippen LogP contribution in [0.2, 0.25) is 25.7 Å². The van der Waals surface area contributed by atoms with Gasteiger partial charge in [0.1, 0.15) is 5.60 Å². The van der Waals surface area contributed by atoms with Crippen LogP contribution in [-0.2, 0) is 34.4 Å². The summed E-state index contributed by atoms with van der Waals surface area (Å²) in [4.78, 5) is 74.2. The number of imidazole rings is 1. The molecule has 0 saturated carbocycles. The number of aromatic nitrogens is 4. The van der Waals surface area contributed by atoms with Crippen LogP contribution in [0.4, 0.5) is 16.4 Å². The van der Waals surface area contributed by atoms with Gasteiger partial charge in [-0.15, -0.1) is 5.92 Å². The van der Waals surface area contributed by atoms with E-state index < -0.39 is 49.3 Å². The quantitative estimate of drug-likeness (QED) is 0.131. The number of amides is 2. The third kappa shape index (κ3) is 8.45. The van der Waals surface area contributed by atoms with Crippen LogP contribution in [0.25, 0.3) is 11.2 Å². The van der Waals surface area contributed by atoms with Gasteiger partial charge in [0.2, 0.25) is 11.9 Å². The van der Waals surface area contributed by atoms with E-state index in [0.717, 1.165) is 23.5 Å². The van der Waals surface area contributed by atoms with Crippen LogP contribution in [0.15, 0.2) is 27.8 Å². The number of carbonyl (C=O) groups excluding carboxylic acids is 3. The Morgan fingerprint density at radius 2 is 1.88 bits per heavy atom. The van der Waals surface area contributed by atoms with E-state index >= 15 is 0 Å². The molecule has 2 atom stereocenters. The highest BCUT2D eigenvalue weighted by atomic mass is 28.3. The summed E-state index contributed by atoms with van der Waals surface area (Å²) in [5, 5.41) is 5.78. The van der Waals surface area contributed by atoms with E-state index in [-0.39, 0.29) is 41.8 Å². The average Bonchev–Trinajstić information content (AvgIpc) is 3.59. The summed E-state index contributed by atoms with van der Waals surface area (Å²) in [6.45, 7) is 15.0. The van der Waals surface area contributed by atoms with Crippen LogP contribution in [-0.4, -0.2) is 82.5 Å². The molecule has 2 aliphatic rings. The van der Waals surface area contributed by atoms with Gasteiger partial charge in [0.25, 0.3) is 5.56 Å². The zero-order valence-electron chi connectivity index (χ0n) is 30.8. The molecular formula is C36H49N7O7Si. The molecule has 1 aromatic carbocycles. The average molecular weight is 720 g/mol. The standard InChI is InChI=1S/C36H49N7O7Si/c1-9-10-17-42-29-30(39-33(42)41-16-12-13-23(20-41)37-34(47)50-36(2,3)4)40(5)35(48)43(32(29)46)21-27(44)24-14-11-15-26-28(24)25(31(45)38-26)22-49-18-19-51(6,7)8/h11,14-15,23,25H,12-13,16-22H2,1-8H3,(H,37,47)(H,38,45). The number of alkyl carbamates (subject to hydrolysis) is 1. The number of rotatable bonds is 11. The van der Waals surface area contributed by atoms with Crippen LogP contribution in [0, 0.1) is 11.8 Å². The van der Waals surface area contributed by atoms with Gasteiger partial charge in [0.05, 0.1) is 25.6 Å². The van der Waals surface area contributed by atoms with Crippen molar-refractivity contribution in [2.45, 2.75) is 96.9 Å². The molecule has 4 heterocycles. The van der Waals surface area contributed by atoms with E-state index in [1.807, 2.05) is 4.90 Å². The second-order valence-corrected chi connectivity index (χ2v) is 21.0. The Kier molecular flexibility index (Phi) is 11.0. The number of aryl methyl sites for hydroxylation is 1. The number of fused-ring (bicyclic) bond motifs is 2. The minimum absolute atomic E-state index is 0.115. The molecule has 0 aliphatic carbocycles. The summed E-state index contributed by atoms with van der Waals surface area (Å²) in [5.74, 6) is 4.86. The Balaban J connectivity index is 1.47. The van der Waals surface area contributed by atoms with E-state index in [9.17, 15) is 24.0 Å². The molecule has 2 N–H and O–H groups in total. The van der Waals surface area contributed by atoms with Crippen LogP contribution >= 0.6 is 0 Å². The Labute approximate surface area is 298 Å². The van der Waals surface area contributed by atoms with Gasteiger partial charge in [-0.05, 0) is 52.6 Å². The van der Waals surface area contributed by atoms with Gasteiger partial charge >= 0.3 is 11.8 Å². The van der Waals surface area contributed by atoms with Gasteiger partial charge in [0, 0.05) is 57.7 Å². The first-order valence-corrected chi connectivity index (χ1v) is 21.1. The van der Waals surface area contributed by atoms with Crippen molar-refractivity contribution < 1.29 is 23.9 Å². The summed E-state index contributed by atoms with van der Waals surface area (Å²) in [6.07, 6.45) is 0.956. The van der Waals surface area contributed by atoms with Crippen molar-refractivity contribution in [1.82, 2.24) is 24.0 Å². The maximum atomic E-state index is 14.2. The SMILES string of the molecule is CC#CCn1c(N2CCCC(NC(=O)OC(C)(C)C)C2)nc2c1c(=O)n(CC(=O)c1cccc3c1C(COCC[Si](C)(C)C)C(=O)N3)c(=O)n2C. The molecule has 3 aromatic rings. The van der Waals surface area contributed by atoms with Gasteiger partial charge < -0.3 is 25.0 Å². The summed E-state index contributed by atoms with van der Waals surface area (Å²) in [5.41, 5.74) is -0.444. The van der Waals surface area contributed by atoms with E-state index in [1.165, 1.54) is 11.6 Å². The Bertz CT molecular complexity index is 2020. The fourth-order valence-electron chi connectivity index (χ4n) is 6.41. The molecule has 1 saturated heterocycles. The van der Waals surface area contributed by atoms with Crippen LogP contribution in [0.1, 0.15) is 62.4 Å². The fourth-order valence-corrected chi connectivity index (χ4v) is 7.17. The van der Waals surface area contributed by atoms with Gasteiger partial charge in [-0.2, -0.15) is 4.98 Å². The summed E-state index contributed by atoms with van der Waals surface area (Å²) in [6, 6.07) is 5.71.